The van der Waals surface area contributed by atoms with Crippen LogP contribution in [0.2, 0.25) is 0 Å². The molecule has 0 atom stereocenters. The van der Waals surface area contributed by atoms with Crippen molar-refractivity contribution >= 4 is 41.3 Å². The lowest BCUT2D eigenvalue weighted by molar-refractivity contribution is 0.473. The Kier molecular flexibility index (Phi) is 8.92. The largest absolute Gasteiger partial charge is 0.351 e. The predicted octanol–water partition coefficient (Wildman–Crippen LogP) is 3.99. The number of aliphatic imine (C=N–C) groups is 1. The molecular formula is C18H30IN5S. The van der Waals surface area contributed by atoms with E-state index in [0.717, 1.165) is 31.2 Å². The second-order valence-electron chi connectivity index (χ2n) is 6.35. The summed E-state index contributed by atoms with van der Waals surface area (Å²) < 4.78 is 1.90. The van der Waals surface area contributed by atoms with E-state index in [4.69, 9.17) is 0 Å². The fraction of sp³-hybridized carbons (Fsp3) is 0.556. The molecule has 0 spiro atoms. The minimum absolute atomic E-state index is 0. The fourth-order valence-corrected chi connectivity index (χ4v) is 3.65. The maximum atomic E-state index is 4.59. The van der Waals surface area contributed by atoms with Crippen molar-refractivity contribution in [1.82, 2.24) is 20.0 Å². The third-order valence-electron chi connectivity index (χ3n) is 3.95. The highest BCUT2D eigenvalue weighted by molar-refractivity contribution is 14.0. The Hall–Kier alpha value is -1.09. The Morgan fingerprint density at radius 1 is 1.36 bits per heavy atom. The molecule has 25 heavy (non-hydrogen) atoms. The van der Waals surface area contributed by atoms with Gasteiger partial charge in [0.25, 0.3) is 0 Å². The van der Waals surface area contributed by atoms with Crippen molar-refractivity contribution < 1.29 is 0 Å². The van der Waals surface area contributed by atoms with Crippen molar-refractivity contribution in [2.24, 2.45) is 12.0 Å². The van der Waals surface area contributed by atoms with Crippen LogP contribution in [0.5, 0.6) is 0 Å². The monoisotopic (exact) mass is 475 g/mol. The summed E-state index contributed by atoms with van der Waals surface area (Å²) in [6, 6.07) is 4.40. The van der Waals surface area contributed by atoms with E-state index in [1.165, 1.54) is 15.3 Å². The highest BCUT2D eigenvalue weighted by Gasteiger charge is 2.15. The van der Waals surface area contributed by atoms with Crippen LogP contribution < -0.4 is 5.32 Å². The zero-order chi connectivity index (χ0) is 17.7. The smallest absolute Gasteiger partial charge is 0.193 e. The van der Waals surface area contributed by atoms with E-state index in [9.17, 15) is 0 Å². The average Bonchev–Trinajstić information content (AvgIpc) is 3.14. The number of hydrogen-bond acceptors (Lipinski definition) is 3. The molecule has 0 bridgehead atoms. The van der Waals surface area contributed by atoms with Crippen molar-refractivity contribution in [3.63, 3.8) is 0 Å². The Balaban J connectivity index is 0.00000312. The zero-order valence-corrected chi connectivity index (χ0v) is 19.2. The lowest BCUT2D eigenvalue weighted by Gasteiger charge is -2.22. The number of hydrogen-bond donors (Lipinski definition) is 1. The Morgan fingerprint density at radius 2 is 2.04 bits per heavy atom. The van der Waals surface area contributed by atoms with Gasteiger partial charge in [0.05, 0.1) is 12.2 Å². The number of aryl methyl sites for hydroxylation is 2. The molecule has 0 aliphatic rings. The molecule has 0 aromatic carbocycles. The summed E-state index contributed by atoms with van der Waals surface area (Å²) in [5.74, 6) is 1.32. The Bertz CT molecular complexity index is 689. The first-order valence-electron chi connectivity index (χ1n) is 8.46. The summed E-state index contributed by atoms with van der Waals surface area (Å²) in [7, 11) is 5.88. The van der Waals surface area contributed by atoms with Crippen LogP contribution in [0.25, 0.3) is 0 Å². The van der Waals surface area contributed by atoms with Gasteiger partial charge in [0.15, 0.2) is 5.96 Å². The standard InChI is InChI=1S/C18H29N5S.HI/c1-7-15-8-9-16(24-15)10-20-18(19-4)22(5)11-14-12-23(6)21-17(14)13(2)3;/h8-9,12-13H,7,10-11H2,1-6H3,(H,19,20);1H. The Morgan fingerprint density at radius 3 is 2.60 bits per heavy atom. The van der Waals surface area contributed by atoms with Gasteiger partial charge in [-0.05, 0) is 24.5 Å². The number of aromatic nitrogens is 2. The average molecular weight is 475 g/mol. The minimum atomic E-state index is 0. The van der Waals surface area contributed by atoms with E-state index in [1.807, 2.05) is 30.1 Å². The van der Waals surface area contributed by atoms with Gasteiger partial charge in [-0.3, -0.25) is 9.67 Å². The lowest BCUT2D eigenvalue weighted by atomic mass is 10.1. The van der Waals surface area contributed by atoms with E-state index in [0.29, 0.717) is 5.92 Å². The molecule has 5 nitrogen and oxygen atoms in total. The molecule has 2 aromatic rings. The van der Waals surface area contributed by atoms with Gasteiger partial charge in [0.2, 0.25) is 0 Å². The summed E-state index contributed by atoms with van der Waals surface area (Å²) in [6.45, 7) is 8.16. The molecule has 1 N–H and O–H groups in total. The van der Waals surface area contributed by atoms with Crippen molar-refractivity contribution in [3.05, 3.63) is 39.3 Å². The third kappa shape index (κ3) is 5.99. The summed E-state index contributed by atoms with van der Waals surface area (Å²) in [6.07, 6.45) is 3.20. The summed E-state index contributed by atoms with van der Waals surface area (Å²) >= 11 is 1.86. The van der Waals surface area contributed by atoms with E-state index in [2.05, 4.69) is 66.5 Å². The topological polar surface area (TPSA) is 45.5 Å². The molecule has 0 unspecified atom stereocenters. The van der Waals surface area contributed by atoms with Crippen LogP contribution in [0.4, 0.5) is 0 Å². The molecule has 2 rings (SSSR count). The van der Waals surface area contributed by atoms with Crippen LogP contribution in [0.1, 0.15) is 47.7 Å². The van der Waals surface area contributed by atoms with Gasteiger partial charge >= 0.3 is 0 Å². The molecule has 0 aliphatic heterocycles. The predicted molar refractivity (Wildman–Crippen MR) is 118 cm³/mol. The first kappa shape index (κ1) is 22.0. The quantitative estimate of drug-likeness (QED) is 0.391. The second-order valence-corrected chi connectivity index (χ2v) is 7.60. The normalized spacial score (nSPS) is 11.6. The Labute approximate surface area is 172 Å². The highest BCUT2D eigenvalue weighted by Crippen LogP contribution is 2.19. The molecule has 0 saturated carbocycles. The molecule has 2 aromatic heterocycles. The first-order chi connectivity index (χ1) is 11.4. The maximum Gasteiger partial charge on any atom is 0.193 e. The van der Waals surface area contributed by atoms with Crippen LogP contribution in [0.15, 0.2) is 23.3 Å². The second kappa shape index (κ2) is 10.2. The van der Waals surface area contributed by atoms with E-state index in [1.54, 1.807) is 0 Å². The van der Waals surface area contributed by atoms with E-state index in [-0.39, 0.29) is 24.0 Å². The molecule has 0 amide bonds. The van der Waals surface area contributed by atoms with Crippen LogP contribution in [0.3, 0.4) is 0 Å². The summed E-state index contributed by atoms with van der Waals surface area (Å²) in [5, 5.41) is 8.04. The van der Waals surface area contributed by atoms with Gasteiger partial charge in [-0.1, -0.05) is 20.8 Å². The molecular weight excluding hydrogens is 445 g/mol. The van der Waals surface area contributed by atoms with E-state index < -0.39 is 0 Å². The number of nitrogens with zero attached hydrogens (tertiary/aromatic N) is 4. The molecule has 7 heteroatoms. The van der Waals surface area contributed by atoms with Gasteiger partial charge in [0.1, 0.15) is 0 Å². The molecule has 0 aliphatic carbocycles. The van der Waals surface area contributed by atoms with Gasteiger partial charge < -0.3 is 10.2 Å². The number of nitrogens with one attached hydrogen (secondary N) is 1. The minimum Gasteiger partial charge on any atom is -0.351 e. The molecule has 2 heterocycles. The molecule has 0 fully saturated rings. The van der Waals surface area contributed by atoms with Crippen molar-refractivity contribution in [2.75, 3.05) is 14.1 Å². The maximum absolute atomic E-state index is 4.59. The number of thiophene rings is 1. The van der Waals surface area contributed by atoms with Crippen molar-refractivity contribution in [3.8, 4) is 0 Å². The summed E-state index contributed by atoms with van der Waals surface area (Å²) in [5.41, 5.74) is 2.41. The van der Waals surface area contributed by atoms with Gasteiger partial charge in [-0.15, -0.1) is 35.3 Å². The molecule has 0 saturated heterocycles. The first-order valence-corrected chi connectivity index (χ1v) is 9.28. The van der Waals surface area contributed by atoms with E-state index >= 15 is 0 Å². The number of halogens is 1. The summed E-state index contributed by atoms with van der Waals surface area (Å²) in [4.78, 5) is 9.33. The van der Waals surface area contributed by atoms with Crippen LogP contribution in [-0.4, -0.2) is 34.7 Å². The SMILES string of the molecule is CCc1ccc(CNC(=NC)N(C)Cc2cn(C)nc2C(C)C)s1.I. The van der Waals surface area contributed by atoms with Gasteiger partial charge in [-0.25, -0.2) is 0 Å². The zero-order valence-electron chi connectivity index (χ0n) is 16.0. The number of guanidine groups is 1. The van der Waals surface area contributed by atoms with Crippen LogP contribution in [0, 0.1) is 0 Å². The van der Waals surface area contributed by atoms with Crippen LogP contribution >= 0.6 is 35.3 Å². The van der Waals surface area contributed by atoms with Crippen LogP contribution in [-0.2, 0) is 26.6 Å². The van der Waals surface area contributed by atoms with Gasteiger partial charge in [-0.2, -0.15) is 5.10 Å². The van der Waals surface area contributed by atoms with Crippen molar-refractivity contribution in [2.45, 2.75) is 46.2 Å². The molecule has 140 valence electrons. The van der Waals surface area contributed by atoms with Crippen molar-refractivity contribution in [1.29, 1.82) is 0 Å². The highest BCUT2D eigenvalue weighted by atomic mass is 127. The van der Waals surface area contributed by atoms with Gasteiger partial charge in [0, 0.05) is 49.2 Å². The fourth-order valence-electron chi connectivity index (χ4n) is 2.75. The lowest BCUT2D eigenvalue weighted by Crippen LogP contribution is -2.38. The number of rotatable bonds is 6. The molecule has 0 radical (unpaired) electrons. The third-order valence-corrected chi connectivity index (χ3v) is 5.18.